The molecule has 0 heterocycles. The minimum atomic E-state index is -0.895. The lowest BCUT2D eigenvalue weighted by Crippen LogP contribution is -2.35. The van der Waals surface area contributed by atoms with E-state index in [1.807, 2.05) is 0 Å². The van der Waals surface area contributed by atoms with E-state index in [1.165, 1.54) is 19.2 Å². The van der Waals surface area contributed by atoms with Crippen molar-refractivity contribution in [2.75, 3.05) is 19.4 Å². The summed E-state index contributed by atoms with van der Waals surface area (Å²) in [6.45, 7) is -0.353. The van der Waals surface area contributed by atoms with E-state index >= 15 is 0 Å². The molecule has 0 aliphatic heterocycles. The van der Waals surface area contributed by atoms with Crippen molar-refractivity contribution in [1.82, 2.24) is 5.32 Å². The second-order valence-corrected chi connectivity index (χ2v) is 3.18. The number of carbonyl (C=O) groups excluding carboxylic acids is 3. The van der Waals surface area contributed by atoms with E-state index in [4.69, 9.17) is 5.73 Å². The molecule has 0 saturated carbocycles. The Labute approximate surface area is 97.7 Å². The number of carbonyl (C=O) groups is 3. The van der Waals surface area contributed by atoms with Gasteiger partial charge in [0.05, 0.1) is 12.7 Å². The molecular weight excluding hydrogens is 224 g/mol. The molecule has 6 nitrogen and oxygen atoms in total. The van der Waals surface area contributed by atoms with Crippen LogP contribution in [0.5, 0.6) is 0 Å². The Balaban J connectivity index is 2.68. The molecule has 0 atom stereocenters. The van der Waals surface area contributed by atoms with Crippen LogP contribution >= 0.6 is 0 Å². The Morgan fingerprint density at radius 1 is 1.29 bits per heavy atom. The van der Waals surface area contributed by atoms with Crippen LogP contribution in [0, 0.1) is 0 Å². The Kier molecular flexibility index (Phi) is 4.21. The van der Waals surface area contributed by atoms with Gasteiger partial charge in [0.25, 0.3) is 11.7 Å². The van der Waals surface area contributed by atoms with Crippen molar-refractivity contribution >= 4 is 23.3 Å². The van der Waals surface area contributed by atoms with Crippen molar-refractivity contribution in [3.05, 3.63) is 29.8 Å². The van der Waals surface area contributed by atoms with Crippen LogP contribution in [-0.4, -0.2) is 31.3 Å². The molecule has 0 fully saturated rings. The van der Waals surface area contributed by atoms with Crippen LogP contribution in [0.1, 0.15) is 10.4 Å². The highest BCUT2D eigenvalue weighted by Gasteiger charge is 2.18. The van der Waals surface area contributed by atoms with Crippen LogP contribution in [0.2, 0.25) is 0 Å². The van der Waals surface area contributed by atoms with Crippen molar-refractivity contribution in [2.24, 2.45) is 0 Å². The number of rotatable bonds is 4. The Morgan fingerprint density at radius 3 is 2.53 bits per heavy atom. The van der Waals surface area contributed by atoms with E-state index in [2.05, 4.69) is 10.1 Å². The molecule has 0 unspecified atom stereocenters. The third-order valence-electron chi connectivity index (χ3n) is 2.03. The number of anilines is 1. The molecule has 1 aromatic rings. The molecular formula is C11H12N2O4. The molecule has 0 radical (unpaired) electrons. The van der Waals surface area contributed by atoms with Crippen LogP contribution < -0.4 is 11.1 Å². The standard InChI is InChI=1S/C11H12N2O4/c1-17-9(14)6-13-11(16)10(15)7-4-2-3-5-8(7)12/h2-5H,6,12H2,1H3,(H,13,16). The molecule has 0 bridgehead atoms. The lowest BCUT2D eigenvalue weighted by molar-refractivity contribution is -0.140. The zero-order valence-corrected chi connectivity index (χ0v) is 9.23. The maximum Gasteiger partial charge on any atom is 0.325 e. The fourth-order valence-electron chi connectivity index (χ4n) is 1.13. The molecule has 1 aromatic carbocycles. The minimum Gasteiger partial charge on any atom is -0.468 e. The molecule has 0 saturated heterocycles. The topological polar surface area (TPSA) is 98.5 Å². The quantitative estimate of drug-likeness (QED) is 0.325. The lowest BCUT2D eigenvalue weighted by Gasteiger charge is -2.05. The summed E-state index contributed by atoms with van der Waals surface area (Å²) in [6.07, 6.45) is 0. The van der Waals surface area contributed by atoms with Gasteiger partial charge < -0.3 is 15.8 Å². The lowest BCUT2D eigenvalue weighted by atomic mass is 10.1. The smallest absolute Gasteiger partial charge is 0.325 e. The third kappa shape index (κ3) is 3.30. The van der Waals surface area contributed by atoms with E-state index in [9.17, 15) is 14.4 Å². The average molecular weight is 236 g/mol. The predicted molar refractivity (Wildman–Crippen MR) is 60.2 cm³/mol. The predicted octanol–water partition coefficient (Wildman–Crippen LogP) is -0.259. The Bertz CT molecular complexity index is 457. The van der Waals surface area contributed by atoms with Crippen molar-refractivity contribution in [1.29, 1.82) is 0 Å². The second-order valence-electron chi connectivity index (χ2n) is 3.18. The van der Waals surface area contributed by atoms with E-state index in [1.54, 1.807) is 12.1 Å². The average Bonchev–Trinajstić information content (AvgIpc) is 2.35. The van der Waals surface area contributed by atoms with Gasteiger partial charge in [0.15, 0.2) is 0 Å². The number of nitrogens with two attached hydrogens (primary N) is 1. The van der Waals surface area contributed by atoms with Crippen LogP contribution in [0.4, 0.5) is 5.69 Å². The molecule has 0 aliphatic rings. The van der Waals surface area contributed by atoms with Crippen molar-refractivity contribution < 1.29 is 19.1 Å². The van der Waals surface area contributed by atoms with Gasteiger partial charge in [-0.1, -0.05) is 12.1 Å². The SMILES string of the molecule is COC(=O)CNC(=O)C(=O)c1ccccc1N. The summed E-state index contributed by atoms with van der Waals surface area (Å²) < 4.78 is 4.32. The first kappa shape index (κ1) is 12.7. The van der Waals surface area contributed by atoms with Crippen LogP contribution in [0.3, 0.4) is 0 Å². The first-order valence-electron chi connectivity index (χ1n) is 4.80. The largest absolute Gasteiger partial charge is 0.468 e. The summed E-state index contributed by atoms with van der Waals surface area (Å²) in [5.41, 5.74) is 5.87. The van der Waals surface area contributed by atoms with Crippen LogP contribution in [0.15, 0.2) is 24.3 Å². The van der Waals surface area contributed by atoms with Gasteiger partial charge in [0.1, 0.15) is 6.54 Å². The summed E-state index contributed by atoms with van der Waals surface area (Å²) in [4.78, 5) is 33.8. The molecule has 1 amide bonds. The first-order valence-corrected chi connectivity index (χ1v) is 4.80. The van der Waals surface area contributed by atoms with Gasteiger partial charge >= 0.3 is 5.97 Å². The van der Waals surface area contributed by atoms with Crippen molar-refractivity contribution in [2.45, 2.75) is 0 Å². The van der Waals surface area contributed by atoms with Gasteiger partial charge in [0.2, 0.25) is 0 Å². The molecule has 3 N–H and O–H groups in total. The van der Waals surface area contributed by atoms with E-state index in [0.717, 1.165) is 0 Å². The highest BCUT2D eigenvalue weighted by molar-refractivity contribution is 6.44. The number of amides is 1. The number of ether oxygens (including phenoxy) is 1. The van der Waals surface area contributed by atoms with E-state index in [0.29, 0.717) is 0 Å². The third-order valence-corrected chi connectivity index (χ3v) is 2.03. The fourth-order valence-corrected chi connectivity index (χ4v) is 1.13. The maximum absolute atomic E-state index is 11.6. The van der Waals surface area contributed by atoms with Gasteiger partial charge in [-0.05, 0) is 12.1 Å². The zero-order valence-electron chi connectivity index (χ0n) is 9.23. The van der Waals surface area contributed by atoms with Crippen LogP contribution in [-0.2, 0) is 14.3 Å². The summed E-state index contributed by atoms with van der Waals surface area (Å²) in [7, 11) is 1.19. The summed E-state index contributed by atoms with van der Waals surface area (Å²) in [6, 6.07) is 6.20. The number of methoxy groups -OCH3 is 1. The minimum absolute atomic E-state index is 0.106. The molecule has 0 aliphatic carbocycles. The highest BCUT2D eigenvalue weighted by atomic mass is 16.5. The summed E-state index contributed by atoms with van der Waals surface area (Å²) in [5.74, 6) is -2.31. The Hall–Kier alpha value is -2.37. The zero-order chi connectivity index (χ0) is 12.8. The van der Waals surface area contributed by atoms with Crippen molar-refractivity contribution in [3.63, 3.8) is 0 Å². The normalized spacial score (nSPS) is 9.47. The number of Topliss-reactive ketones (excluding diaryl/α,β-unsaturated/α-hetero) is 1. The van der Waals surface area contributed by atoms with Crippen LogP contribution in [0.25, 0.3) is 0 Å². The number of nitrogens with one attached hydrogen (secondary N) is 1. The molecule has 0 aromatic heterocycles. The van der Waals surface area contributed by atoms with Crippen molar-refractivity contribution in [3.8, 4) is 0 Å². The van der Waals surface area contributed by atoms with Gasteiger partial charge in [-0.2, -0.15) is 0 Å². The number of ketones is 1. The highest BCUT2D eigenvalue weighted by Crippen LogP contribution is 2.10. The second kappa shape index (κ2) is 5.64. The molecule has 17 heavy (non-hydrogen) atoms. The molecule has 6 heteroatoms. The molecule has 1 rings (SSSR count). The van der Waals surface area contributed by atoms with E-state index in [-0.39, 0.29) is 17.8 Å². The number of nitrogen functional groups attached to an aromatic ring is 1. The summed E-state index contributed by atoms with van der Waals surface area (Å²) >= 11 is 0. The maximum atomic E-state index is 11.6. The monoisotopic (exact) mass is 236 g/mol. The van der Waals surface area contributed by atoms with Gasteiger partial charge in [-0.15, -0.1) is 0 Å². The number of benzene rings is 1. The van der Waals surface area contributed by atoms with Gasteiger partial charge in [0, 0.05) is 5.69 Å². The van der Waals surface area contributed by atoms with Gasteiger partial charge in [-0.25, -0.2) is 0 Å². The fraction of sp³-hybridized carbons (Fsp3) is 0.182. The first-order chi connectivity index (χ1) is 8.06. The Morgan fingerprint density at radius 2 is 1.94 bits per heavy atom. The molecule has 90 valence electrons. The summed E-state index contributed by atoms with van der Waals surface area (Å²) in [5, 5.41) is 2.14. The van der Waals surface area contributed by atoms with E-state index < -0.39 is 17.7 Å². The number of para-hydroxylation sites is 1. The van der Waals surface area contributed by atoms with Gasteiger partial charge in [-0.3, -0.25) is 14.4 Å². The number of esters is 1. The number of hydrogen-bond donors (Lipinski definition) is 2. The molecule has 0 spiro atoms. The number of hydrogen-bond acceptors (Lipinski definition) is 5.